The second-order valence-electron chi connectivity index (χ2n) is 3.42. The van der Waals surface area contributed by atoms with Gasteiger partial charge in [-0.25, -0.2) is 4.98 Å². The Hall–Kier alpha value is -0.780. The monoisotopic (exact) mass is 297 g/mol. The molecule has 2 rings (SSSR count). The van der Waals surface area contributed by atoms with Crippen LogP contribution < -0.4 is 5.32 Å². The van der Waals surface area contributed by atoms with Gasteiger partial charge in [-0.2, -0.15) is 0 Å². The van der Waals surface area contributed by atoms with Crippen LogP contribution in [0.2, 0.25) is 0 Å². The van der Waals surface area contributed by atoms with Crippen molar-refractivity contribution >= 4 is 27.3 Å². The molecule has 0 saturated heterocycles. The third-order valence-electron chi connectivity index (χ3n) is 2.18. The standard InChI is InChI=1S/C11H12BrN3S/c1-7-10(6-13-2)16-11(15-7)9-4-3-8(12)5-14-9/h3-5,13H,6H2,1-2H3. The number of pyridine rings is 1. The molecule has 0 aromatic carbocycles. The summed E-state index contributed by atoms with van der Waals surface area (Å²) in [5.74, 6) is 0. The first kappa shape index (κ1) is 11.7. The fraction of sp³-hybridized carbons (Fsp3) is 0.273. The van der Waals surface area contributed by atoms with Crippen LogP contribution in [0.5, 0.6) is 0 Å². The number of rotatable bonds is 3. The van der Waals surface area contributed by atoms with E-state index in [0.717, 1.165) is 27.4 Å². The lowest BCUT2D eigenvalue weighted by Gasteiger charge is -1.94. The molecule has 0 aliphatic carbocycles. The lowest BCUT2D eigenvalue weighted by atomic mass is 10.3. The van der Waals surface area contributed by atoms with Crippen LogP contribution in [0.1, 0.15) is 10.6 Å². The maximum atomic E-state index is 4.53. The van der Waals surface area contributed by atoms with E-state index in [9.17, 15) is 0 Å². The van der Waals surface area contributed by atoms with Crippen LogP contribution in [0.15, 0.2) is 22.8 Å². The summed E-state index contributed by atoms with van der Waals surface area (Å²) in [5, 5.41) is 4.12. The van der Waals surface area contributed by atoms with Crippen LogP contribution in [0.3, 0.4) is 0 Å². The molecule has 0 atom stereocenters. The Bertz CT molecular complexity index is 478. The average molecular weight is 298 g/mol. The summed E-state index contributed by atoms with van der Waals surface area (Å²) in [6, 6.07) is 3.96. The molecule has 0 aliphatic heterocycles. The summed E-state index contributed by atoms with van der Waals surface area (Å²) in [4.78, 5) is 10.1. The molecule has 1 N–H and O–H groups in total. The van der Waals surface area contributed by atoms with Gasteiger partial charge in [0, 0.05) is 22.1 Å². The third-order valence-corrected chi connectivity index (χ3v) is 3.83. The molecule has 0 bridgehead atoms. The zero-order valence-corrected chi connectivity index (χ0v) is 11.5. The van der Waals surface area contributed by atoms with Gasteiger partial charge in [0.25, 0.3) is 0 Å². The predicted molar refractivity (Wildman–Crippen MR) is 70.5 cm³/mol. The molecular formula is C11H12BrN3S. The number of halogens is 1. The number of aryl methyl sites for hydroxylation is 1. The van der Waals surface area contributed by atoms with Gasteiger partial charge in [0.05, 0.1) is 11.4 Å². The number of thiazole rings is 1. The van der Waals surface area contributed by atoms with E-state index in [0.29, 0.717) is 0 Å². The Balaban J connectivity index is 2.33. The summed E-state index contributed by atoms with van der Waals surface area (Å²) in [5.41, 5.74) is 2.01. The molecule has 0 unspecified atom stereocenters. The van der Waals surface area contributed by atoms with Crippen molar-refractivity contribution in [1.82, 2.24) is 15.3 Å². The minimum absolute atomic E-state index is 0.861. The highest BCUT2D eigenvalue weighted by atomic mass is 79.9. The van der Waals surface area contributed by atoms with E-state index in [1.165, 1.54) is 4.88 Å². The van der Waals surface area contributed by atoms with Gasteiger partial charge in [0.1, 0.15) is 5.01 Å². The van der Waals surface area contributed by atoms with E-state index < -0.39 is 0 Å². The van der Waals surface area contributed by atoms with Gasteiger partial charge >= 0.3 is 0 Å². The minimum atomic E-state index is 0.861. The van der Waals surface area contributed by atoms with Gasteiger partial charge < -0.3 is 5.32 Å². The maximum Gasteiger partial charge on any atom is 0.142 e. The average Bonchev–Trinajstić information content (AvgIpc) is 2.62. The number of hydrogen-bond acceptors (Lipinski definition) is 4. The van der Waals surface area contributed by atoms with Crippen molar-refractivity contribution in [2.24, 2.45) is 0 Å². The SMILES string of the molecule is CNCc1sc(-c2ccc(Br)cn2)nc1C. The van der Waals surface area contributed by atoms with Crippen LogP contribution in [-0.4, -0.2) is 17.0 Å². The Kier molecular flexibility index (Phi) is 3.68. The van der Waals surface area contributed by atoms with Crippen LogP contribution in [0.25, 0.3) is 10.7 Å². The largest absolute Gasteiger partial charge is 0.315 e. The van der Waals surface area contributed by atoms with Crippen molar-refractivity contribution in [2.45, 2.75) is 13.5 Å². The van der Waals surface area contributed by atoms with Crippen LogP contribution in [0.4, 0.5) is 0 Å². The number of aromatic nitrogens is 2. The number of hydrogen-bond donors (Lipinski definition) is 1. The number of nitrogens with zero attached hydrogens (tertiary/aromatic N) is 2. The summed E-state index contributed by atoms with van der Waals surface area (Å²) in [6.45, 7) is 2.89. The van der Waals surface area contributed by atoms with E-state index >= 15 is 0 Å². The Morgan fingerprint density at radius 3 is 2.88 bits per heavy atom. The van der Waals surface area contributed by atoms with Gasteiger partial charge in [0.2, 0.25) is 0 Å². The second kappa shape index (κ2) is 5.03. The van der Waals surface area contributed by atoms with Crippen LogP contribution >= 0.6 is 27.3 Å². The van der Waals surface area contributed by atoms with Gasteiger partial charge in [0.15, 0.2) is 0 Å². The highest BCUT2D eigenvalue weighted by molar-refractivity contribution is 9.10. The van der Waals surface area contributed by atoms with E-state index in [4.69, 9.17) is 0 Å². The van der Waals surface area contributed by atoms with Crippen LogP contribution in [-0.2, 0) is 6.54 Å². The number of nitrogens with one attached hydrogen (secondary N) is 1. The Labute approximate surface area is 107 Å². The molecule has 0 spiro atoms. The molecule has 0 saturated carbocycles. The van der Waals surface area contributed by atoms with Crippen molar-refractivity contribution in [3.05, 3.63) is 33.4 Å². The van der Waals surface area contributed by atoms with Crippen molar-refractivity contribution in [3.63, 3.8) is 0 Å². The highest BCUT2D eigenvalue weighted by Crippen LogP contribution is 2.26. The molecule has 2 aromatic heterocycles. The van der Waals surface area contributed by atoms with Crippen molar-refractivity contribution < 1.29 is 0 Å². The molecule has 2 heterocycles. The zero-order chi connectivity index (χ0) is 11.5. The molecule has 16 heavy (non-hydrogen) atoms. The zero-order valence-electron chi connectivity index (χ0n) is 9.12. The predicted octanol–water partition coefficient (Wildman–Crippen LogP) is 3.00. The maximum absolute atomic E-state index is 4.53. The first-order valence-corrected chi connectivity index (χ1v) is 6.54. The lowest BCUT2D eigenvalue weighted by Crippen LogP contribution is -2.04. The van der Waals surface area contributed by atoms with Gasteiger partial charge in [-0.15, -0.1) is 11.3 Å². The summed E-state index contributed by atoms with van der Waals surface area (Å²) in [7, 11) is 1.94. The van der Waals surface area contributed by atoms with Crippen molar-refractivity contribution in [3.8, 4) is 10.7 Å². The quantitative estimate of drug-likeness (QED) is 0.946. The molecule has 84 valence electrons. The molecule has 3 nitrogen and oxygen atoms in total. The minimum Gasteiger partial charge on any atom is -0.315 e. The summed E-state index contributed by atoms with van der Waals surface area (Å²) >= 11 is 5.06. The van der Waals surface area contributed by atoms with Gasteiger partial charge in [-0.1, -0.05) is 0 Å². The molecule has 0 amide bonds. The molecule has 0 aliphatic rings. The van der Waals surface area contributed by atoms with Crippen molar-refractivity contribution in [2.75, 3.05) is 7.05 Å². The second-order valence-corrected chi connectivity index (χ2v) is 5.42. The normalized spacial score (nSPS) is 10.7. The fourth-order valence-corrected chi connectivity index (χ4v) is 2.65. The van der Waals surface area contributed by atoms with E-state index in [1.54, 1.807) is 17.5 Å². The molecule has 2 aromatic rings. The van der Waals surface area contributed by atoms with E-state index in [2.05, 4.69) is 31.2 Å². The molecular weight excluding hydrogens is 286 g/mol. The highest BCUT2D eigenvalue weighted by Gasteiger charge is 2.09. The van der Waals surface area contributed by atoms with Gasteiger partial charge in [-0.3, -0.25) is 4.98 Å². The summed E-state index contributed by atoms with van der Waals surface area (Å²) < 4.78 is 0.986. The van der Waals surface area contributed by atoms with E-state index in [-0.39, 0.29) is 0 Å². The molecule has 0 radical (unpaired) electrons. The smallest absolute Gasteiger partial charge is 0.142 e. The fourth-order valence-electron chi connectivity index (χ4n) is 1.36. The summed E-state index contributed by atoms with van der Waals surface area (Å²) in [6.07, 6.45) is 1.80. The topological polar surface area (TPSA) is 37.8 Å². The van der Waals surface area contributed by atoms with Crippen LogP contribution in [0, 0.1) is 6.92 Å². The van der Waals surface area contributed by atoms with Gasteiger partial charge in [-0.05, 0) is 42.0 Å². The van der Waals surface area contributed by atoms with E-state index in [1.807, 2.05) is 26.1 Å². The lowest BCUT2D eigenvalue weighted by molar-refractivity contribution is 0.823. The first-order chi connectivity index (χ1) is 7.70. The molecule has 0 fully saturated rings. The Morgan fingerprint density at radius 1 is 1.44 bits per heavy atom. The third kappa shape index (κ3) is 2.48. The van der Waals surface area contributed by atoms with Crippen molar-refractivity contribution in [1.29, 1.82) is 0 Å². The Morgan fingerprint density at radius 2 is 2.25 bits per heavy atom. The molecule has 5 heteroatoms. The first-order valence-electron chi connectivity index (χ1n) is 4.93.